The average Bonchev–Trinajstić information content (AvgIpc) is 2.98. The summed E-state index contributed by atoms with van der Waals surface area (Å²) in [5, 5.41) is 7.86. The molecule has 24 heavy (non-hydrogen) atoms. The van der Waals surface area contributed by atoms with Crippen LogP contribution in [0, 0.1) is 0 Å². The molecular formula is C16H22N8. The lowest BCUT2D eigenvalue weighted by Gasteiger charge is -2.05. The van der Waals surface area contributed by atoms with Crippen molar-refractivity contribution in [3.8, 4) is 0 Å². The van der Waals surface area contributed by atoms with Crippen LogP contribution in [0.5, 0.6) is 0 Å². The van der Waals surface area contributed by atoms with E-state index in [0.29, 0.717) is 18.9 Å². The van der Waals surface area contributed by atoms with Gasteiger partial charge in [-0.3, -0.25) is 9.67 Å². The molecule has 0 aliphatic carbocycles. The topological polar surface area (TPSA) is 121 Å². The molecule has 0 bridgehead atoms. The number of anilines is 2. The number of fused-ring (bicyclic) bond motifs is 1. The fourth-order valence-corrected chi connectivity index (χ4v) is 2.40. The minimum atomic E-state index is 0.242. The van der Waals surface area contributed by atoms with Crippen LogP contribution in [-0.2, 0) is 13.1 Å². The zero-order chi connectivity index (χ0) is 16.9. The van der Waals surface area contributed by atoms with Crippen molar-refractivity contribution in [2.24, 2.45) is 5.73 Å². The first-order valence-corrected chi connectivity index (χ1v) is 8.08. The number of pyridine rings is 1. The molecule has 5 N–H and O–H groups in total. The Kier molecular flexibility index (Phi) is 4.85. The van der Waals surface area contributed by atoms with Gasteiger partial charge in [0.05, 0.1) is 18.4 Å². The standard InChI is InChI=1S/C16H22N8/c1-2-3-6-19-15-14-13(21-16(18)22-15)10-24(23-14)9-12-5-4-11(7-17)8-20-12/h4-5,8,10H,2-3,6-7,9,17H2,1H3,(H3,18,19,21,22). The van der Waals surface area contributed by atoms with Gasteiger partial charge in [-0.25, -0.2) is 4.98 Å². The number of nitrogens with two attached hydrogens (primary N) is 2. The Labute approximate surface area is 140 Å². The van der Waals surface area contributed by atoms with Gasteiger partial charge in [0.2, 0.25) is 5.95 Å². The average molecular weight is 326 g/mol. The zero-order valence-corrected chi connectivity index (χ0v) is 13.7. The maximum atomic E-state index is 5.80. The highest BCUT2D eigenvalue weighted by Gasteiger charge is 2.11. The molecule has 0 spiro atoms. The molecule has 3 aromatic heterocycles. The van der Waals surface area contributed by atoms with Crippen LogP contribution in [0.25, 0.3) is 11.0 Å². The van der Waals surface area contributed by atoms with Crippen LogP contribution in [0.3, 0.4) is 0 Å². The summed E-state index contributed by atoms with van der Waals surface area (Å²) in [6.45, 7) is 4.01. The van der Waals surface area contributed by atoms with E-state index < -0.39 is 0 Å². The molecule has 3 aromatic rings. The monoisotopic (exact) mass is 326 g/mol. The quantitative estimate of drug-likeness (QED) is 0.563. The largest absolute Gasteiger partial charge is 0.368 e. The van der Waals surface area contributed by atoms with Gasteiger partial charge in [0.1, 0.15) is 5.52 Å². The van der Waals surface area contributed by atoms with Crippen molar-refractivity contribution in [1.82, 2.24) is 24.7 Å². The lowest BCUT2D eigenvalue weighted by Crippen LogP contribution is -2.07. The van der Waals surface area contributed by atoms with Crippen molar-refractivity contribution in [2.45, 2.75) is 32.9 Å². The second-order valence-corrected chi connectivity index (χ2v) is 5.63. The Bertz CT molecular complexity index is 809. The molecule has 0 amide bonds. The van der Waals surface area contributed by atoms with Crippen molar-refractivity contribution < 1.29 is 0 Å². The molecule has 0 fully saturated rings. The maximum Gasteiger partial charge on any atom is 0.222 e. The van der Waals surface area contributed by atoms with Crippen LogP contribution < -0.4 is 16.8 Å². The molecule has 0 saturated carbocycles. The van der Waals surface area contributed by atoms with Crippen LogP contribution in [0.4, 0.5) is 11.8 Å². The van der Waals surface area contributed by atoms with Crippen LogP contribution in [-0.4, -0.2) is 31.3 Å². The summed E-state index contributed by atoms with van der Waals surface area (Å²) in [5.41, 5.74) is 14.7. The molecule has 0 aliphatic heterocycles. The summed E-state index contributed by atoms with van der Waals surface area (Å²) in [6.07, 6.45) is 5.81. The fraction of sp³-hybridized carbons (Fsp3) is 0.375. The molecule has 8 nitrogen and oxygen atoms in total. The molecule has 0 saturated heterocycles. The van der Waals surface area contributed by atoms with Crippen LogP contribution >= 0.6 is 0 Å². The van der Waals surface area contributed by atoms with E-state index in [9.17, 15) is 0 Å². The summed E-state index contributed by atoms with van der Waals surface area (Å²) in [4.78, 5) is 12.9. The van der Waals surface area contributed by atoms with Gasteiger partial charge in [-0.1, -0.05) is 19.4 Å². The Morgan fingerprint density at radius 3 is 2.83 bits per heavy atom. The number of nitrogens with zero attached hydrogens (tertiary/aromatic N) is 5. The number of hydrogen-bond donors (Lipinski definition) is 3. The number of nitrogen functional groups attached to an aromatic ring is 1. The van der Waals surface area contributed by atoms with E-state index in [2.05, 4.69) is 32.3 Å². The highest BCUT2D eigenvalue weighted by atomic mass is 15.3. The Balaban J connectivity index is 1.85. The number of aromatic nitrogens is 5. The van der Waals surface area contributed by atoms with E-state index in [-0.39, 0.29) is 5.95 Å². The lowest BCUT2D eigenvalue weighted by molar-refractivity contribution is 0.680. The minimum absolute atomic E-state index is 0.242. The van der Waals surface area contributed by atoms with Crippen LogP contribution in [0.15, 0.2) is 24.5 Å². The second kappa shape index (κ2) is 7.22. The van der Waals surface area contributed by atoms with Crippen LogP contribution in [0.1, 0.15) is 31.0 Å². The highest BCUT2D eigenvalue weighted by molar-refractivity contribution is 5.85. The predicted molar refractivity (Wildman–Crippen MR) is 94.4 cm³/mol. The number of unbranched alkanes of at least 4 members (excludes halogenated alkanes) is 1. The fourth-order valence-electron chi connectivity index (χ4n) is 2.40. The van der Waals surface area contributed by atoms with Gasteiger partial charge in [0, 0.05) is 19.3 Å². The van der Waals surface area contributed by atoms with Crippen molar-refractivity contribution >= 4 is 22.8 Å². The van der Waals surface area contributed by atoms with Gasteiger partial charge in [0.15, 0.2) is 11.3 Å². The van der Waals surface area contributed by atoms with Crippen molar-refractivity contribution in [3.63, 3.8) is 0 Å². The van der Waals surface area contributed by atoms with Gasteiger partial charge in [0.25, 0.3) is 0 Å². The Hall–Kier alpha value is -2.74. The summed E-state index contributed by atoms with van der Waals surface area (Å²) in [6, 6.07) is 3.93. The maximum absolute atomic E-state index is 5.80. The third-order valence-electron chi connectivity index (χ3n) is 3.70. The first-order valence-electron chi connectivity index (χ1n) is 8.08. The van der Waals surface area contributed by atoms with Gasteiger partial charge >= 0.3 is 0 Å². The van der Waals surface area contributed by atoms with Gasteiger partial charge in [-0.05, 0) is 18.1 Å². The zero-order valence-electron chi connectivity index (χ0n) is 13.7. The number of hydrogen-bond acceptors (Lipinski definition) is 7. The molecule has 0 atom stereocenters. The molecule has 3 rings (SSSR count). The van der Waals surface area contributed by atoms with E-state index in [1.807, 2.05) is 18.3 Å². The molecule has 0 unspecified atom stereocenters. The van der Waals surface area contributed by atoms with E-state index in [1.165, 1.54) is 0 Å². The number of nitrogens with one attached hydrogen (secondary N) is 1. The second-order valence-electron chi connectivity index (χ2n) is 5.63. The molecule has 0 aliphatic rings. The normalized spacial score (nSPS) is 11.1. The van der Waals surface area contributed by atoms with Crippen LogP contribution in [0.2, 0.25) is 0 Å². The van der Waals surface area contributed by atoms with E-state index in [1.54, 1.807) is 10.9 Å². The van der Waals surface area contributed by atoms with Crippen molar-refractivity contribution in [1.29, 1.82) is 0 Å². The van der Waals surface area contributed by atoms with E-state index >= 15 is 0 Å². The predicted octanol–water partition coefficient (Wildman–Crippen LogP) is 1.52. The Morgan fingerprint density at radius 2 is 2.12 bits per heavy atom. The smallest absolute Gasteiger partial charge is 0.222 e. The highest BCUT2D eigenvalue weighted by Crippen LogP contribution is 2.20. The van der Waals surface area contributed by atoms with Gasteiger partial charge in [-0.2, -0.15) is 10.1 Å². The molecule has 0 aromatic carbocycles. The lowest BCUT2D eigenvalue weighted by atomic mass is 10.2. The molecule has 126 valence electrons. The first-order chi connectivity index (χ1) is 11.7. The Morgan fingerprint density at radius 1 is 1.25 bits per heavy atom. The van der Waals surface area contributed by atoms with Gasteiger partial charge in [-0.15, -0.1) is 0 Å². The number of rotatable bonds is 7. The molecule has 8 heteroatoms. The summed E-state index contributed by atoms with van der Waals surface area (Å²) in [7, 11) is 0. The first kappa shape index (κ1) is 16.1. The van der Waals surface area contributed by atoms with Gasteiger partial charge < -0.3 is 16.8 Å². The van der Waals surface area contributed by atoms with Crippen molar-refractivity contribution in [2.75, 3.05) is 17.6 Å². The third-order valence-corrected chi connectivity index (χ3v) is 3.70. The summed E-state index contributed by atoms with van der Waals surface area (Å²) < 4.78 is 1.80. The molecule has 0 radical (unpaired) electrons. The van der Waals surface area contributed by atoms with E-state index in [0.717, 1.165) is 41.7 Å². The van der Waals surface area contributed by atoms with Crippen molar-refractivity contribution in [3.05, 3.63) is 35.8 Å². The third kappa shape index (κ3) is 3.60. The SMILES string of the molecule is CCCCNc1nc(N)nc2cn(Cc3ccc(CN)cn3)nc12. The molecule has 3 heterocycles. The summed E-state index contributed by atoms with van der Waals surface area (Å²) in [5.74, 6) is 0.919. The van der Waals surface area contributed by atoms with E-state index in [4.69, 9.17) is 11.5 Å². The minimum Gasteiger partial charge on any atom is -0.368 e. The summed E-state index contributed by atoms with van der Waals surface area (Å²) >= 11 is 0. The molecular weight excluding hydrogens is 304 g/mol.